The molecule has 1 amide bonds. The van der Waals surface area contributed by atoms with Gasteiger partial charge in [0.2, 0.25) is 0 Å². The minimum Gasteiger partial charge on any atom is -0.495 e. The molecule has 5 rings (SSSR count). The van der Waals surface area contributed by atoms with Crippen molar-refractivity contribution in [3.8, 4) is 0 Å². The Balaban J connectivity index is 1.20. The fourth-order valence-corrected chi connectivity index (χ4v) is 5.83. The lowest BCUT2D eigenvalue weighted by molar-refractivity contribution is 0.0989. The Kier molecular flexibility index (Phi) is 8.59. The van der Waals surface area contributed by atoms with Crippen molar-refractivity contribution in [1.82, 2.24) is 4.90 Å². The number of carbonyl (C=O) groups is 2. The molecule has 2 heterocycles. The van der Waals surface area contributed by atoms with Gasteiger partial charge in [-0.1, -0.05) is 24.8 Å². The molecule has 0 bridgehead atoms. The number of nitrogens with zero attached hydrogens (tertiary/aromatic N) is 1. The molecule has 0 radical (unpaired) electrons. The minimum atomic E-state index is -0.293. The van der Waals surface area contributed by atoms with Gasteiger partial charge in [-0.05, 0) is 73.4 Å². The molecule has 8 nitrogen and oxygen atoms in total. The molecule has 1 aliphatic carbocycles. The number of para-hydroxylation sites is 1. The zero-order valence-corrected chi connectivity index (χ0v) is 23.9. The van der Waals surface area contributed by atoms with Crippen LogP contribution in [-0.4, -0.2) is 57.6 Å². The third-order valence-electron chi connectivity index (χ3n) is 8.07. The number of piperidine rings is 1. The highest BCUT2D eigenvalue weighted by molar-refractivity contribution is 6.14. The molecule has 2 aromatic carbocycles. The van der Waals surface area contributed by atoms with E-state index in [9.17, 15) is 9.59 Å². The van der Waals surface area contributed by atoms with E-state index >= 15 is 0 Å². The maximum atomic E-state index is 13.3. The summed E-state index contributed by atoms with van der Waals surface area (Å²) in [5, 5.41) is 6.20. The molecular weight excluding hydrogens is 518 g/mol. The number of nitrogens with one attached hydrogen (secondary N) is 2. The molecule has 3 aliphatic rings. The van der Waals surface area contributed by atoms with Crippen molar-refractivity contribution in [2.45, 2.75) is 19.3 Å². The summed E-state index contributed by atoms with van der Waals surface area (Å²) in [7, 11) is 4.90. The van der Waals surface area contributed by atoms with Crippen molar-refractivity contribution in [1.29, 1.82) is 0 Å². The number of fused-ring (bicyclic) bond motifs is 2. The number of rotatable bonds is 9. The van der Waals surface area contributed by atoms with Gasteiger partial charge in [0, 0.05) is 30.3 Å². The van der Waals surface area contributed by atoms with Crippen LogP contribution in [-0.2, 0) is 20.6 Å². The lowest BCUT2D eigenvalue weighted by Gasteiger charge is -2.38. The quantitative estimate of drug-likeness (QED) is 0.393. The number of Topliss-reactive ketones (excluding diaryl/α,β-unsaturated/α-hetero) is 1. The Labute approximate surface area is 241 Å². The van der Waals surface area contributed by atoms with E-state index in [0.29, 0.717) is 45.8 Å². The molecular formula is C33H37N3O5. The van der Waals surface area contributed by atoms with E-state index < -0.39 is 0 Å². The van der Waals surface area contributed by atoms with Gasteiger partial charge in [0.05, 0.1) is 44.7 Å². The number of amides is 1. The number of allylic oxidation sites excluding steroid dienone is 3. The molecule has 0 aromatic heterocycles. The molecule has 0 saturated carbocycles. The Hall–Kier alpha value is -4.30. The maximum absolute atomic E-state index is 13.3. The van der Waals surface area contributed by atoms with Gasteiger partial charge < -0.3 is 29.7 Å². The number of benzene rings is 2. The normalized spacial score (nSPS) is 21.3. The van der Waals surface area contributed by atoms with Crippen LogP contribution in [0.25, 0.3) is 0 Å². The van der Waals surface area contributed by atoms with Gasteiger partial charge in [0.15, 0.2) is 17.3 Å². The zero-order valence-electron chi connectivity index (χ0n) is 23.9. The van der Waals surface area contributed by atoms with Crippen LogP contribution in [0.2, 0.25) is 0 Å². The zero-order chi connectivity index (χ0) is 28.9. The Bertz CT molecular complexity index is 1420. The highest BCUT2D eigenvalue weighted by atomic mass is 16.5. The molecule has 2 atom stereocenters. The van der Waals surface area contributed by atoms with Crippen LogP contribution < -0.4 is 10.6 Å². The average Bonchev–Trinajstić information content (AvgIpc) is 3.00. The van der Waals surface area contributed by atoms with E-state index in [4.69, 9.17) is 14.2 Å². The van der Waals surface area contributed by atoms with Gasteiger partial charge in [0.25, 0.3) is 5.91 Å². The van der Waals surface area contributed by atoms with Gasteiger partial charge in [0.1, 0.15) is 5.76 Å². The van der Waals surface area contributed by atoms with Gasteiger partial charge in [-0.2, -0.15) is 0 Å². The molecule has 0 spiro atoms. The second kappa shape index (κ2) is 12.5. The first-order chi connectivity index (χ1) is 19.9. The predicted octanol–water partition coefficient (Wildman–Crippen LogP) is 5.54. The standard InChI is InChI=1S/C33H37N3O5/c1-5-29(39-2)27-19-28(37)25-7-6-8-26(32(25)35-27)33(38)34-24-11-9-21(10-12-24)13-15-36-16-14-22-17-30(40-3)31(41-4)18-23(22)20-36/h5-12,17-18,22-23,35H,1,13-16,19-20H2,2-4H3,(H,34,38)/b29-27-. The molecule has 41 heavy (non-hydrogen) atoms. The van der Waals surface area contributed by atoms with Crippen LogP contribution >= 0.6 is 0 Å². The van der Waals surface area contributed by atoms with Gasteiger partial charge in [-0.15, -0.1) is 0 Å². The number of hydrogen-bond acceptors (Lipinski definition) is 7. The van der Waals surface area contributed by atoms with E-state index in [0.717, 1.165) is 44.0 Å². The van der Waals surface area contributed by atoms with Gasteiger partial charge >= 0.3 is 0 Å². The van der Waals surface area contributed by atoms with Gasteiger partial charge in [-0.3, -0.25) is 9.59 Å². The summed E-state index contributed by atoms with van der Waals surface area (Å²) in [6.45, 7) is 6.75. The molecule has 2 aromatic rings. The van der Waals surface area contributed by atoms with E-state index in [1.165, 1.54) is 12.7 Å². The van der Waals surface area contributed by atoms with E-state index in [1.807, 2.05) is 12.1 Å². The number of likely N-dealkylation sites (tertiary alicyclic amines) is 1. The topological polar surface area (TPSA) is 89.1 Å². The van der Waals surface area contributed by atoms with Crippen molar-refractivity contribution in [2.24, 2.45) is 11.8 Å². The number of methoxy groups -OCH3 is 3. The van der Waals surface area contributed by atoms with Crippen molar-refractivity contribution < 1.29 is 23.8 Å². The lowest BCUT2D eigenvalue weighted by Crippen LogP contribution is -2.41. The molecule has 1 fully saturated rings. The molecule has 8 heteroatoms. The summed E-state index contributed by atoms with van der Waals surface area (Å²) in [6, 6.07) is 13.1. The fourth-order valence-electron chi connectivity index (χ4n) is 5.83. The fraction of sp³-hybridized carbons (Fsp3) is 0.333. The SMILES string of the molecule is C=C/C(OC)=C1\CC(=O)c2cccc(C(=O)Nc3ccc(CCN4CCC5C=C(OC)C(OC)=CC5C4)cc3)c2N1. The Morgan fingerprint density at radius 1 is 1.07 bits per heavy atom. The number of anilines is 2. The smallest absolute Gasteiger partial charge is 0.257 e. The minimum absolute atomic E-state index is 0.0804. The molecule has 2 unspecified atom stereocenters. The number of ketones is 1. The number of carbonyl (C=O) groups excluding carboxylic acids is 2. The van der Waals surface area contributed by atoms with Crippen LogP contribution in [0.15, 0.2) is 90.2 Å². The van der Waals surface area contributed by atoms with Crippen molar-refractivity contribution >= 4 is 23.1 Å². The van der Waals surface area contributed by atoms with Crippen molar-refractivity contribution in [2.75, 3.05) is 51.6 Å². The lowest BCUT2D eigenvalue weighted by atomic mass is 9.81. The van der Waals surface area contributed by atoms with E-state index in [2.05, 4.69) is 46.4 Å². The maximum Gasteiger partial charge on any atom is 0.257 e. The number of hydrogen-bond donors (Lipinski definition) is 2. The highest BCUT2D eigenvalue weighted by Gasteiger charge is 2.31. The second-order valence-electron chi connectivity index (χ2n) is 10.5. The number of ether oxygens (including phenoxy) is 3. The first kappa shape index (κ1) is 28.2. The summed E-state index contributed by atoms with van der Waals surface area (Å²) >= 11 is 0. The van der Waals surface area contributed by atoms with Crippen molar-refractivity contribution in [3.05, 3.63) is 107 Å². The molecule has 2 aliphatic heterocycles. The third-order valence-corrected chi connectivity index (χ3v) is 8.07. The van der Waals surface area contributed by atoms with E-state index in [-0.39, 0.29) is 18.1 Å². The summed E-state index contributed by atoms with van der Waals surface area (Å²) in [5.41, 5.74) is 3.84. The van der Waals surface area contributed by atoms with Crippen LogP contribution in [0.3, 0.4) is 0 Å². The summed E-state index contributed by atoms with van der Waals surface area (Å²) in [6.07, 6.45) is 8.13. The van der Waals surface area contributed by atoms with Crippen LogP contribution in [0.5, 0.6) is 0 Å². The Morgan fingerprint density at radius 3 is 2.49 bits per heavy atom. The monoisotopic (exact) mass is 555 g/mol. The summed E-state index contributed by atoms with van der Waals surface area (Å²) < 4.78 is 16.3. The summed E-state index contributed by atoms with van der Waals surface area (Å²) in [5.74, 6) is 2.67. The van der Waals surface area contributed by atoms with E-state index in [1.54, 1.807) is 38.5 Å². The first-order valence-corrected chi connectivity index (χ1v) is 13.9. The highest BCUT2D eigenvalue weighted by Crippen LogP contribution is 2.35. The van der Waals surface area contributed by atoms with Gasteiger partial charge in [-0.25, -0.2) is 0 Å². The largest absolute Gasteiger partial charge is 0.495 e. The Morgan fingerprint density at radius 2 is 1.80 bits per heavy atom. The van der Waals surface area contributed by atoms with Crippen molar-refractivity contribution in [3.63, 3.8) is 0 Å². The predicted molar refractivity (Wildman–Crippen MR) is 160 cm³/mol. The van der Waals surface area contributed by atoms with Crippen LogP contribution in [0, 0.1) is 11.8 Å². The second-order valence-corrected chi connectivity index (χ2v) is 10.5. The van der Waals surface area contributed by atoms with Crippen LogP contribution in [0.1, 0.15) is 39.1 Å². The first-order valence-electron chi connectivity index (χ1n) is 13.9. The van der Waals surface area contributed by atoms with Crippen LogP contribution in [0.4, 0.5) is 11.4 Å². The molecule has 214 valence electrons. The molecule has 2 N–H and O–H groups in total. The average molecular weight is 556 g/mol. The molecule has 1 saturated heterocycles. The third kappa shape index (κ3) is 6.07. The summed E-state index contributed by atoms with van der Waals surface area (Å²) in [4.78, 5) is 28.6.